The highest BCUT2D eigenvalue weighted by atomic mass is 16.6. The molecule has 98 valence electrons. The van der Waals surface area contributed by atoms with E-state index in [-0.39, 0.29) is 6.10 Å². The van der Waals surface area contributed by atoms with E-state index in [9.17, 15) is 0 Å². The minimum absolute atomic E-state index is 0.142. The lowest BCUT2D eigenvalue weighted by atomic mass is 9.82. The van der Waals surface area contributed by atoms with E-state index in [0.717, 1.165) is 0 Å². The van der Waals surface area contributed by atoms with E-state index in [1.54, 1.807) is 0 Å². The fraction of sp³-hybridized carbons (Fsp3) is 0.562. The summed E-state index contributed by atoms with van der Waals surface area (Å²) in [5.41, 5.74) is 2.65. The number of nitrogens with zero attached hydrogens (tertiary/aromatic N) is 1. The summed E-state index contributed by atoms with van der Waals surface area (Å²) in [7, 11) is 0. The van der Waals surface area contributed by atoms with Crippen LogP contribution in [0, 0.1) is 0 Å². The topological polar surface area (TPSA) is 21.6 Å². The molecule has 0 bridgehead atoms. The number of rotatable bonds is 4. The number of benzene rings is 1. The van der Waals surface area contributed by atoms with Crippen molar-refractivity contribution in [3.63, 3.8) is 0 Å². The van der Waals surface area contributed by atoms with Crippen molar-refractivity contribution in [1.82, 2.24) is 0 Å². The van der Waals surface area contributed by atoms with Crippen LogP contribution in [0.4, 0.5) is 0 Å². The first-order valence-corrected chi connectivity index (χ1v) is 7.05. The van der Waals surface area contributed by atoms with Crippen LogP contribution in [0.2, 0.25) is 0 Å². The molecule has 1 saturated carbocycles. The zero-order valence-corrected chi connectivity index (χ0v) is 11.4. The Morgan fingerprint density at radius 3 is 2.61 bits per heavy atom. The highest BCUT2D eigenvalue weighted by molar-refractivity contribution is 5.81. The fourth-order valence-electron chi connectivity index (χ4n) is 2.62. The van der Waals surface area contributed by atoms with Gasteiger partial charge >= 0.3 is 0 Å². The van der Waals surface area contributed by atoms with Crippen LogP contribution in [0.15, 0.2) is 29.4 Å². The maximum Gasteiger partial charge on any atom is 0.122 e. The fourth-order valence-corrected chi connectivity index (χ4v) is 2.62. The maximum absolute atomic E-state index is 5.26. The van der Waals surface area contributed by atoms with Crippen LogP contribution in [0.1, 0.15) is 63.0 Å². The van der Waals surface area contributed by atoms with E-state index < -0.39 is 0 Å². The van der Waals surface area contributed by atoms with E-state index in [1.165, 1.54) is 43.2 Å². The Balaban J connectivity index is 2.11. The van der Waals surface area contributed by atoms with Crippen LogP contribution < -0.4 is 0 Å². The van der Waals surface area contributed by atoms with E-state index in [1.807, 2.05) is 20.1 Å². The van der Waals surface area contributed by atoms with Gasteiger partial charge in [-0.15, -0.1) is 0 Å². The van der Waals surface area contributed by atoms with Crippen LogP contribution in [-0.4, -0.2) is 12.3 Å². The van der Waals surface area contributed by atoms with E-state index >= 15 is 0 Å². The first-order chi connectivity index (χ1) is 8.77. The lowest BCUT2D eigenvalue weighted by Crippen LogP contribution is -2.07. The Morgan fingerprint density at radius 1 is 1.17 bits per heavy atom. The summed E-state index contributed by atoms with van der Waals surface area (Å²) in [4.78, 5) is 5.26. The van der Waals surface area contributed by atoms with Crippen LogP contribution in [0.25, 0.3) is 0 Å². The van der Waals surface area contributed by atoms with Gasteiger partial charge in [0.25, 0.3) is 0 Å². The van der Waals surface area contributed by atoms with Crippen molar-refractivity contribution in [2.75, 3.05) is 0 Å². The number of oxime groups is 1. The molecule has 2 nitrogen and oxygen atoms in total. The second kappa shape index (κ2) is 6.58. The third-order valence-corrected chi connectivity index (χ3v) is 3.50. The van der Waals surface area contributed by atoms with Gasteiger partial charge in [-0.05, 0) is 43.7 Å². The predicted octanol–water partition coefficient (Wildman–Crippen LogP) is 4.49. The van der Waals surface area contributed by atoms with Gasteiger partial charge in [-0.2, -0.15) is 0 Å². The minimum atomic E-state index is 0.142. The van der Waals surface area contributed by atoms with Gasteiger partial charge in [0, 0.05) is 0 Å². The molecule has 18 heavy (non-hydrogen) atoms. The minimum Gasteiger partial charge on any atom is -0.393 e. The van der Waals surface area contributed by atoms with Crippen molar-refractivity contribution in [2.45, 2.75) is 58.0 Å². The van der Waals surface area contributed by atoms with Gasteiger partial charge in [0.1, 0.15) is 6.10 Å². The second-order valence-electron chi connectivity index (χ2n) is 5.35. The highest BCUT2D eigenvalue weighted by Crippen LogP contribution is 2.33. The molecular formula is C16H23NO. The third-order valence-electron chi connectivity index (χ3n) is 3.50. The summed E-state index contributed by atoms with van der Waals surface area (Å²) in [5, 5.41) is 4.07. The molecule has 0 unspecified atom stereocenters. The Hall–Kier alpha value is -1.31. The first-order valence-electron chi connectivity index (χ1n) is 7.05. The monoisotopic (exact) mass is 245 g/mol. The average Bonchev–Trinajstić information content (AvgIpc) is 2.40. The molecule has 2 heteroatoms. The molecule has 0 aliphatic heterocycles. The largest absolute Gasteiger partial charge is 0.393 e. The van der Waals surface area contributed by atoms with E-state index in [2.05, 4.69) is 29.4 Å². The molecule has 0 atom stereocenters. The Kier molecular flexibility index (Phi) is 4.80. The van der Waals surface area contributed by atoms with Gasteiger partial charge in [-0.25, -0.2) is 0 Å². The Morgan fingerprint density at radius 2 is 1.89 bits per heavy atom. The quantitative estimate of drug-likeness (QED) is 0.565. The van der Waals surface area contributed by atoms with Gasteiger partial charge in [-0.3, -0.25) is 0 Å². The SMILES string of the molecule is CC(C)ON=Cc1ccccc1C1CCCCC1. The van der Waals surface area contributed by atoms with E-state index in [4.69, 9.17) is 4.84 Å². The highest BCUT2D eigenvalue weighted by Gasteiger charge is 2.17. The van der Waals surface area contributed by atoms with Crippen molar-refractivity contribution in [1.29, 1.82) is 0 Å². The molecule has 1 aliphatic rings. The predicted molar refractivity (Wildman–Crippen MR) is 76.1 cm³/mol. The van der Waals surface area contributed by atoms with Gasteiger partial charge in [0.15, 0.2) is 0 Å². The van der Waals surface area contributed by atoms with Crippen LogP contribution in [-0.2, 0) is 4.84 Å². The summed E-state index contributed by atoms with van der Waals surface area (Å²) in [6.07, 6.45) is 8.75. The number of hydrogen-bond acceptors (Lipinski definition) is 2. The summed E-state index contributed by atoms with van der Waals surface area (Å²) in [6.45, 7) is 3.98. The maximum atomic E-state index is 5.26. The van der Waals surface area contributed by atoms with Crippen molar-refractivity contribution in [3.05, 3.63) is 35.4 Å². The molecule has 0 N–H and O–H groups in total. The van der Waals surface area contributed by atoms with Crippen molar-refractivity contribution in [2.24, 2.45) is 5.16 Å². The second-order valence-corrected chi connectivity index (χ2v) is 5.35. The van der Waals surface area contributed by atoms with Crippen LogP contribution >= 0.6 is 0 Å². The zero-order chi connectivity index (χ0) is 12.8. The Bertz CT molecular complexity index is 392. The first kappa shape index (κ1) is 13.1. The van der Waals surface area contributed by atoms with Gasteiger partial charge in [0.05, 0.1) is 6.21 Å². The van der Waals surface area contributed by atoms with Gasteiger partial charge < -0.3 is 4.84 Å². The lowest BCUT2D eigenvalue weighted by Gasteiger charge is -2.23. The van der Waals surface area contributed by atoms with Crippen molar-refractivity contribution >= 4 is 6.21 Å². The van der Waals surface area contributed by atoms with Gasteiger partial charge in [-0.1, -0.05) is 48.7 Å². The zero-order valence-electron chi connectivity index (χ0n) is 11.4. The normalized spacial score (nSPS) is 17.5. The molecule has 1 aromatic rings. The molecule has 1 fully saturated rings. The van der Waals surface area contributed by atoms with Crippen molar-refractivity contribution in [3.8, 4) is 0 Å². The van der Waals surface area contributed by atoms with Crippen LogP contribution in [0.5, 0.6) is 0 Å². The molecule has 0 aromatic heterocycles. The molecule has 0 spiro atoms. The summed E-state index contributed by atoms with van der Waals surface area (Å²) in [6, 6.07) is 8.58. The Labute approximate surface area is 110 Å². The molecule has 1 aliphatic carbocycles. The molecule has 0 heterocycles. The standard InChI is InChI=1S/C16H23NO/c1-13(2)18-17-12-15-10-6-7-11-16(15)14-8-4-3-5-9-14/h6-7,10-14H,3-5,8-9H2,1-2H3. The molecule has 1 aromatic carbocycles. The smallest absolute Gasteiger partial charge is 0.122 e. The van der Waals surface area contributed by atoms with Crippen molar-refractivity contribution < 1.29 is 4.84 Å². The molecule has 0 saturated heterocycles. The van der Waals surface area contributed by atoms with E-state index in [0.29, 0.717) is 5.92 Å². The third kappa shape index (κ3) is 3.59. The lowest BCUT2D eigenvalue weighted by molar-refractivity contribution is 0.0873. The molecule has 0 amide bonds. The summed E-state index contributed by atoms with van der Waals surface area (Å²) < 4.78 is 0. The van der Waals surface area contributed by atoms with Crippen LogP contribution in [0.3, 0.4) is 0 Å². The summed E-state index contributed by atoms with van der Waals surface area (Å²) in [5.74, 6) is 0.709. The molecular weight excluding hydrogens is 222 g/mol. The number of hydrogen-bond donors (Lipinski definition) is 0. The average molecular weight is 245 g/mol. The molecule has 0 radical (unpaired) electrons. The van der Waals surface area contributed by atoms with Gasteiger partial charge in [0.2, 0.25) is 0 Å². The summed E-state index contributed by atoms with van der Waals surface area (Å²) >= 11 is 0. The molecule has 2 rings (SSSR count).